The first-order valence-electron chi connectivity index (χ1n) is 8.00. The number of fused-ring (bicyclic) bond motifs is 1. The molecular formula is C18H12Cl2F3N4O2+. The number of benzene rings is 1. The van der Waals surface area contributed by atoms with E-state index in [1.54, 1.807) is 19.1 Å². The van der Waals surface area contributed by atoms with Crippen LogP contribution in [0.3, 0.4) is 0 Å². The van der Waals surface area contributed by atoms with Crippen LogP contribution < -0.4 is 10.9 Å². The first-order valence-corrected chi connectivity index (χ1v) is 8.76. The molecule has 0 spiro atoms. The van der Waals surface area contributed by atoms with Crippen molar-refractivity contribution in [2.24, 2.45) is 0 Å². The van der Waals surface area contributed by atoms with Gasteiger partial charge in [-0.2, -0.15) is 13.2 Å². The smallest absolute Gasteiger partial charge is 0.398 e. The highest BCUT2D eigenvalue weighted by molar-refractivity contribution is 6.32. The molecule has 150 valence electrons. The van der Waals surface area contributed by atoms with Crippen molar-refractivity contribution in [3.8, 4) is 0 Å². The average molecular weight is 444 g/mol. The van der Waals surface area contributed by atoms with Gasteiger partial charge in [-0.1, -0.05) is 23.2 Å². The number of hydrogen-bond acceptors (Lipinski definition) is 5. The van der Waals surface area contributed by atoms with Crippen LogP contribution in [0.1, 0.15) is 11.5 Å². The van der Waals surface area contributed by atoms with Crippen LogP contribution in [0.2, 0.25) is 10.0 Å². The second-order valence-electron chi connectivity index (χ2n) is 5.95. The highest BCUT2D eigenvalue weighted by Crippen LogP contribution is 2.23. The summed E-state index contributed by atoms with van der Waals surface area (Å²) in [5, 5.41) is 8.97. The zero-order chi connectivity index (χ0) is 21.3. The third kappa shape index (κ3) is 4.64. The fourth-order valence-electron chi connectivity index (χ4n) is 2.48. The molecule has 0 aliphatic heterocycles. The van der Waals surface area contributed by atoms with Crippen molar-refractivity contribution >= 4 is 51.3 Å². The molecule has 0 saturated carbocycles. The fourth-order valence-corrected chi connectivity index (χ4v) is 2.93. The van der Waals surface area contributed by atoms with Gasteiger partial charge in [-0.15, -0.1) is 0 Å². The van der Waals surface area contributed by atoms with E-state index in [2.05, 4.69) is 9.97 Å². The maximum absolute atomic E-state index is 12.9. The van der Waals surface area contributed by atoms with Crippen molar-refractivity contribution in [1.82, 2.24) is 9.97 Å². The zero-order valence-corrected chi connectivity index (χ0v) is 16.2. The van der Waals surface area contributed by atoms with Crippen LogP contribution in [-0.2, 0) is 0 Å². The minimum Gasteiger partial charge on any atom is -0.398 e. The van der Waals surface area contributed by atoms with E-state index in [0.717, 1.165) is 5.32 Å². The molecule has 0 saturated heterocycles. The molecule has 0 bridgehead atoms. The number of rotatable bonds is 4. The Kier molecular flexibility index (Phi) is 5.74. The largest absolute Gasteiger partial charge is 0.432 e. The van der Waals surface area contributed by atoms with E-state index in [4.69, 9.17) is 33.0 Å². The van der Waals surface area contributed by atoms with E-state index in [-0.39, 0.29) is 27.4 Å². The van der Waals surface area contributed by atoms with Gasteiger partial charge in [0.15, 0.2) is 0 Å². The summed E-state index contributed by atoms with van der Waals surface area (Å²) < 4.78 is 43.9. The number of aromatic nitrogens is 2. The molecule has 11 heteroatoms. The van der Waals surface area contributed by atoms with E-state index in [1.165, 1.54) is 18.3 Å². The Hall–Kier alpha value is -2.75. The molecule has 6 nitrogen and oxygen atoms in total. The van der Waals surface area contributed by atoms with Gasteiger partial charge in [-0.25, -0.2) is 14.8 Å². The van der Waals surface area contributed by atoms with Gasteiger partial charge in [-0.3, -0.25) is 10.7 Å². The number of nitrogens with zero attached hydrogens (tertiary/aromatic N) is 2. The van der Waals surface area contributed by atoms with Crippen LogP contribution in [0.4, 0.5) is 19.0 Å². The second kappa shape index (κ2) is 7.94. The Morgan fingerprint density at radius 2 is 2.03 bits per heavy atom. The van der Waals surface area contributed by atoms with Gasteiger partial charge in [0.05, 0.1) is 10.9 Å². The molecule has 29 heavy (non-hydrogen) atoms. The van der Waals surface area contributed by atoms with Crippen molar-refractivity contribution in [2.75, 3.05) is 0 Å². The van der Waals surface area contributed by atoms with Crippen LogP contribution in [0.15, 0.2) is 45.8 Å². The van der Waals surface area contributed by atoms with Crippen molar-refractivity contribution in [2.45, 2.75) is 13.1 Å². The molecule has 0 unspecified atom stereocenters. The lowest BCUT2D eigenvalue weighted by atomic mass is 10.1. The lowest BCUT2D eigenvalue weighted by molar-refractivity contribution is -0.475. The Bertz CT molecular complexity index is 1210. The number of aryl methyl sites for hydroxylation is 1. The molecule has 0 aliphatic carbocycles. The summed E-state index contributed by atoms with van der Waals surface area (Å²) in [6, 6.07) is 5.94. The molecule has 0 amide bonds. The topological polar surface area (TPSA) is 96.5 Å². The van der Waals surface area contributed by atoms with Gasteiger partial charge in [0.2, 0.25) is 11.5 Å². The summed E-state index contributed by atoms with van der Waals surface area (Å²) in [6.07, 6.45) is -3.03. The molecule has 0 atom stereocenters. The third-order valence-electron chi connectivity index (χ3n) is 3.82. The molecule has 3 aromatic rings. The Labute approximate surface area is 171 Å². The van der Waals surface area contributed by atoms with Gasteiger partial charge < -0.3 is 4.42 Å². The predicted octanol–water partition coefficient (Wildman–Crippen LogP) is 4.02. The van der Waals surface area contributed by atoms with Gasteiger partial charge in [0.1, 0.15) is 10.7 Å². The number of quaternary nitrogens is 1. The summed E-state index contributed by atoms with van der Waals surface area (Å²) >= 11 is 12.0. The molecule has 0 radical (unpaired) electrons. The van der Waals surface area contributed by atoms with E-state index in [9.17, 15) is 18.0 Å². The van der Waals surface area contributed by atoms with Crippen LogP contribution in [-0.4, -0.2) is 21.9 Å². The summed E-state index contributed by atoms with van der Waals surface area (Å²) in [6.45, 7) is 1.64. The third-order valence-corrected chi connectivity index (χ3v) is 4.36. The number of nitrogens with two attached hydrogens (primary N) is 1. The van der Waals surface area contributed by atoms with E-state index in [0.29, 0.717) is 16.7 Å². The number of allylic oxidation sites excluding steroid dienone is 1. The standard InChI is InChI=1S/C18H11Cl2F3N4O2/c1-8-5-9(19)6-10-14(8)27-16(29-17(10)28)12(7-13(24)18(21,22)23)26-15-11(20)3-2-4-25-15/h2-7,24H,1H3,(H,25,26)/p+1/b12-7-,24-13?. The monoisotopic (exact) mass is 443 g/mol. The highest BCUT2D eigenvalue weighted by Gasteiger charge is 2.34. The quantitative estimate of drug-likeness (QED) is 0.595. The van der Waals surface area contributed by atoms with Crippen LogP contribution in [0.5, 0.6) is 0 Å². The van der Waals surface area contributed by atoms with Crippen LogP contribution in [0, 0.1) is 12.3 Å². The van der Waals surface area contributed by atoms with Crippen molar-refractivity contribution in [1.29, 1.82) is 5.41 Å². The Morgan fingerprint density at radius 3 is 2.69 bits per heavy atom. The lowest BCUT2D eigenvalue weighted by Crippen LogP contribution is -2.75. The summed E-state index contributed by atoms with van der Waals surface area (Å²) in [4.78, 5) is 20.5. The average Bonchev–Trinajstić information content (AvgIpc) is 2.62. The minimum atomic E-state index is -4.91. The maximum Gasteiger partial charge on any atom is 0.432 e. The van der Waals surface area contributed by atoms with Gasteiger partial charge in [-0.05, 0) is 36.8 Å². The molecule has 3 rings (SSSR count). The molecular weight excluding hydrogens is 432 g/mol. The van der Waals surface area contributed by atoms with Crippen molar-refractivity contribution in [3.63, 3.8) is 0 Å². The normalized spacial score (nSPS) is 12.4. The van der Waals surface area contributed by atoms with E-state index < -0.39 is 23.4 Å². The molecule has 0 aliphatic rings. The van der Waals surface area contributed by atoms with Gasteiger partial charge >= 0.3 is 11.8 Å². The Morgan fingerprint density at radius 1 is 1.31 bits per heavy atom. The zero-order valence-electron chi connectivity index (χ0n) is 14.6. The van der Waals surface area contributed by atoms with Crippen LogP contribution >= 0.6 is 23.2 Å². The fraction of sp³-hybridized carbons (Fsp3) is 0.111. The second-order valence-corrected chi connectivity index (χ2v) is 6.79. The molecule has 2 heterocycles. The summed E-state index contributed by atoms with van der Waals surface area (Å²) in [5.41, 5.74) is -2.04. The van der Waals surface area contributed by atoms with Crippen molar-refractivity contribution < 1.29 is 22.9 Å². The highest BCUT2D eigenvalue weighted by atomic mass is 35.5. The summed E-state index contributed by atoms with van der Waals surface area (Å²) in [7, 11) is 0. The molecule has 3 N–H and O–H groups in total. The molecule has 0 fully saturated rings. The van der Waals surface area contributed by atoms with Gasteiger partial charge in [0.25, 0.3) is 5.89 Å². The van der Waals surface area contributed by atoms with Crippen molar-refractivity contribution in [3.05, 3.63) is 68.5 Å². The Balaban J connectivity index is 2.21. The predicted molar refractivity (Wildman–Crippen MR) is 103 cm³/mol. The first-order chi connectivity index (χ1) is 13.6. The summed E-state index contributed by atoms with van der Waals surface area (Å²) in [5.74, 6) is -0.295. The molecule has 2 aromatic heterocycles. The first kappa shape index (κ1) is 21.0. The maximum atomic E-state index is 12.9. The SMILES string of the molecule is Cc1cc(Cl)cc2c(=O)oc(/C(=C/C(=N)C(F)(F)F)[NH2+]c3ncccc3Cl)nc12. The molecule has 1 aromatic carbocycles. The van der Waals surface area contributed by atoms with Crippen LogP contribution in [0.25, 0.3) is 16.6 Å². The number of hydrogen-bond donors (Lipinski definition) is 2. The van der Waals surface area contributed by atoms with E-state index in [1.807, 2.05) is 0 Å². The number of nitrogens with one attached hydrogen (secondary N) is 1. The minimum absolute atomic E-state index is 0.0832. The lowest BCUT2D eigenvalue weighted by Gasteiger charge is -2.08. The number of pyridine rings is 1. The number of alkyl halides is 3. The van der Waals surface area contributed by atoms with Gasteiger partial charge in [0, 0.05) is 17.3 Å². The number of halogens is 5. The van der Waals surface area contributed by atoms with E-state index >= 15 is 0 Å².